The van der Waals surface area contributed by atoms with Crippen LogP contribution in [0.1, 0.15) is 5.56 Å². The van der Waals surface area contributed by atoms with E-state index in [9.17, 15) is 18.0 Å². The van der Waals surface area contributed by atoms with Crippen molar-refractivity contribution in [2.24, 2.45) is 0 Å². The minimum absolute atomic E-state index is 0.112. The second kappa shape index (κ2) is 10.4. The van der Waals surface area contributed by atoms with Gasteiger partial charge in [-0.25, -0.2) is 13.2 Å². The summed E-state index contributed by atoms with van der Waals surface area (Å²) in [6, 6.07) is 13.3. The summed E-state index contributed by atoms with van der Waals surface area (Å²) in [5.41, 5.74) is 0.855. The van der Waals surface area contributed by atoms with Crippen molar-refractivity contribution >= 4 is 27.6 Å². The molecule has 3 rings (SSSR count). The van der Waals surface area contributed by atoms with Crippen molar-refractivity contribution in [3.8, 4) is 5.75 Å². The third kappa shape index (κ3) is 6.27. The monoisotopic (exact) mass is 448 g/mol. The second-order valence-corrected chi connectivity index (χ2v) is 8.71. The van der Waals surface area contributed by atoms with E-state index in [-0.39, 0.29) is 24.6 Å². The fraction of sp³-hybridized carbons (Fsp3) is 0.333. The molecule has 1 aliphatic heterocycles. The molecule has 166 valence electrons. The van der Waals surface area contributed by atoms with Crippen LogP contribution in [0.5, 0.6) is 5.75 Å². The van der Waals surface area contributed by atoms with Gasteiger partial charge in [-0.05, 0) is 36.8 Å². The quantitative estimate of drug-likeness (QED) is 0.610. The molecule has 0 atom stereocenters. The first kappa shape index (κ1) is 22.7. The third-order valence-corrected chi connectivity index (χ3v) is 6.56. The number of sulfonamides is 1. The predicted octanol–water partition coefficient (Wildman–Crippen LogP) is 1.58. The van der Waals surface area contributed by atoms with Crippen LogP contribution in [0.2, 0.25) is 0 Å². The third-order valence-electron chi connectivity index (χ3n) is 4.52. The molecule has 0 saturated carbocycles. The van der Waals surface area contributed by atoms with Gasteiger partial charge in [-0.3, -0.25) is 4.79 Å². The summed E-state index contributed by atoms with van der Waals surface area (Å²) in [6.45, 7) is 2.08. The first-order valence-electron chi connectivity index (χ1n) is 9.68. The molecule has 2 aromatic rings. The van der Waals surface area contributed by atoms with E-state index in [4.69, 9.17) is 14.2 Å². The molecule has 1 heterocycles. The molecule has 1 fully saturated rings. The maximum absolute atomic E-state index is 12.9. The lowest BCUT2D eigenvalue weighted by molar-refractivity contribution is -0.149. The topological polar surface area (TPSA) is 111 Å². The summed E-state index contributed by atoms with van der Waals surface area (Å²) in [5, 5.41) is 2.55. The number of para-hydroxylation sites is 1. The van der Waals surface area contributed by atoms with E-state index in [1.807, 2.05) is 6.07 Å². The van der Waals surface area contributed by atoms with E-state index in [0.717, 1.165) is 0 Å². The highest BCUT2D eigenvalue weighted by Gasteiger charge is 2.28. The van der Waals surface area contributed by atoms with Gasteiger partial charge in [0.25, 0.3) is 5.91 Å². The number of hydrogen-bond donors (Lipinski definition) is 1. The Hall–Kier alpha value is -2.95. The highest BCUT2D eigenvalue weighted by molar-refractivity contribution is 7.89. The van der Waals surface area contributed by atoms with Crippen LogP contribution >= 0.6 is 0 Å². The van der Waals surface area contributed by atoms with Crippen molar-refractivity contribution in [2.75, 3.05) is 44.8 Å². The van der Waals surface area contributed by atoms with Crippen LogP contribution in [0.4, 0.5) is 5.69 Å². The smallest absolute Gasteiger partial charge is 0.344 e. The first-order chi connectivity index (χ1) is 14.9. The largest absolute Gasteiger partial charge is 0.482 e. The molecule has 0 unspecified atom stereocenters. The Balaban J connectivity index is 1.55. The van der Waals surface area contributed by atoms with Crippen molar-refractivity contribution < 1.29 is 32.2 Å². The molecular formula is C21H24N2O7S. The maximum Gasteiger partial charge on any atom is 0.344 e. The molecule has 1 aliphatic rings. The summed E-state index contributed by atoms with van der Waals surface area (Å²) < 4.78 is 42.6. The molecule has 2 aromatic carbocycles. The van der Waals surface area contributed by atoms with E-state index in [1.165, 1.54) is 10.4 Å². The molecule has 0 spiro atoms. The van der Waals surface area contributed by atoms with Gasteiger partial charge < -0.3 is 19.5 Å². The Morgan fingerprint density at radius 1 is 1.06 bits per heavy atom. The highest BCUT2D eigenvalue weighted by atomic mass is 32.2. The number of rotatable bonds is 8. The van der Waals surface area contributed by atoms with Crippen LogP contribution in [-0.2, 0) is 29.1 Å². The number of nitrogens with one attached hydrogen (secondary N) is 1. The van der Waals surface area contributed by atoms with Gasteiger partial charge in [0.05, 0.1) is 18.1 Å². The lowest BCUT2D eigenvalue weighted by Gasteiger charge is -2.26. The molecule has 10 heteroatoms. The van der Waals surface area contributed by atoms with Crippen LogP contribution in [0.15, 0.2) is 53.4 Å². The second-order valence-electron chi connectivity index (χ2n) is 6.81. The molecule has 1 amide bonds. The SMILES string of the molecule is Cc1ccc(NC(=O)COC(=O)COc2ccccc2)cc1S(=O)(=O)N1CCOCC1. The zero-order valence-corrected chi connectivity index (χ0v) is 17.9. The van der Waals surface area contributed by atoms with Gasteiger partial charge >= 0.3 is 5.97 Å². The lowest BCUT2D eigenvalue weighted by Crippen LogP contribution is -2.40. The Morgan fingerprint density at radius 3 is 2.48 bits per heavy atom. The highest BCUT2D eigenvalue weighted by Crippen LogP contribution is 2.24. The van der Waals surface area contributed by atoms with Crippen LogP contribution in [0.3, 0.4) is 0 Å². The van der Waals surface area contributed by atoms with Gasteiger partial charge in [-0.1, -0.05) is 24.3 Å². The number of hydrogen-bond acceptors (Lipinski definition) is 7. The van der Waals surface area contributed by atoms with Gasteiger partial charge in [0.2, 0.25) is 10.0 Å². The summed E-state index contributed by atoms with van der Waals surface area (Å²) >= 11 is 0. The van der Waals surface area contributed by atoms with Crippen molar-refractivity contribution in [2.45, 2.75) is 11.8 Å². The van der Waals surface area contributed by atoms with E-state index < -0.39 is 28.5 Å². The average Bonchev–Trinajstić information content (AvgIpc) is 2.78. The molecule has 0 radical (unpaired) electrons. The summed E-state index contributed by atoms with van der Waals surface area (Å²) in [4.78, 5) is 24.0. The van der Waals surface area contributed by atoms with E-state index in [1.54, 1.807) is 43.3 Å². The van der Waals surface area contributed by atoms with Crippen LogP contribution < -0.4 is 10.1 Å². The van der Waals surface area contributed by atoms with Crippen LogP contribution in [0, 0.1) is 6.92 Å². The van der Waals surface area contributed by atoms with Crippen molar-refractivity contribution in [1.82, 2.24) is 4.31 Å². The minimum atomic E-state index is -3.71. The number of carbonyl (C=O) groups is 2. The van der Waals surface area contributed by atoms with Gasteiger partial charge in [0.1, 0.15) is 5.75 Å². The van der Waals surface area contributed by atoms with Crippen molar-refractivity contribution in [3.63, 3.8) is 0 Å². The molecule has 9 nitrogen and oxygen atoms in total. The zero-order valence-electron chi connectivity index (χ0n) is 17.1. The maximum atomic E-state index is 12.9. The zero-order chi connectivity index (χ0) is 22.3. The van der Waals surface area contributed by atoms with Gasteiger partial charge in [-0.2, -0.15) is 4.31 Å². The number of esters is 1. The van der Waals surface area contributed by atoms with E-state index in [2.05, 4.69) is 5.32 Å². The molecule has 0 aromatic heterocycles. The fourth-order valence-electron chi connectivity index (χ4n) is 2.93. The summed E-state index contributed by atoms with van der Waals surface area (Å²) in [6.07, 6.45) is 0. The van der Waals surface area contributed by atoms with Crippen LogP contribution in [0.25, 0.3) is 0 Å². The fourth-order valence-corrected chi connectivity index (χ4v) is 4.58. The standard InChI is InChI=1S/C21H24N2O7S/c1-16-7-8-17(13-19(16)31(26,27)23-9-11-28-12-10-23)22-20(24)14-30-21(25)15-29-18-5-3-2-4-6-18/h2-8,13H,9-12,14-15H2,1H3,(H,22,24). The molecule has 31 heavy (non-hydrogen) atoms. The van der Waals surface area contributed by atoms with Gasteiger partial charge in [0.15, 0.2) is 13.2 Å². The van der Waals surface area contributed by atoms with Crippen LogP contribution in [-0.4, -0.2) is 64.1 Å². The molecule has 0 aliphatic carbocycles. The average molecular weight is 448 g/mol. The molecule has 0 bridgehead atoms. The number of anilines is 1. The summed E-state index contributed by atoms with van der Waals surface area (Å²) in [7, 11) is -3.71. The van der Waals surface area contributed by atoms with Crippen molar-refractivity contribution in [1.29, 1.82) is 0 Å². The van der Waals surface area contributed by atoms with Gasteiger partial charge in [0, 0.05) is 18.8 Å². The Labute approximate surface area is 181 Å². The molecule has 1 saturated heterocycles. The number of ether oxygens (including phenoxy) is 3. The first-order valence-corrected chi connectivity index (χ1v) is 11.1. The molecular weight excluding hydrogens is 424 g/mol. The minimum Gasteiger partial charge on any atom is -0.482 e. The van der Waals surface area contributed by atoms with E-state index in [0.29, 0.717) is 30.2 Å². The van der Waals surface area contributed by atoms with E-state index >= 15 is 0 Å². The number of aryl methyl sites for hydroxylation is 1. The Bertz CT molecular complexity index is 1020. The lowest BCUT2D eigenvalue weighted by atomic mass is 10.2. The number of nitrogens with zero attached hydrogens (tertiary/aromatic N) is 1. The number of benzene rings is 2. The number of amides is 1. The Morgan fingerprint density at radius 2 is 1.77 bits per heavy atom. The Kier molecular flexibility index (Phi) is 7.61. The number of carbonyl (C=O) groups excluding carboxylic acids is 2. The predicted molar refractivity (Wildman–Crippen MR) is 112 cm³/mol. The number of morpholine rings is 1. The van der Waals surface area contributed by atoms with Crippen molar-refractivity contribution in [3.05, 3.63) is 54.1 Å². The normalized spacial score (nSPS) is 14.6. The molecule has 1 N–H and O–H groups in total. The summed E-state index contributed by atoms with van der Waals surface area (Å²) in [5.74, 6) is -0.775. The van der Waals surface area contributed by atoms with Gasteiger partial charge in [-0.15, -0.1) is 0 Å².